The van der Waals surface area contributed by atoms with E-state index in [2.05, 4.69) is 61.4 Å². The fraction of sp³-hybridized carbons (Fsp3) is 0.312. The molecule has 0 unspecified atom stereocenters. The highest BCUT2D eigenvalue weighted by Crippen LogP contribution is 2.25. The van der Waals surface area contributed by atoms with Crippen molar-refractivity contribution in [2.75, 3.05) is 11.9 Å². The van der Waals surface area contributed by atoms with Crippen molar-refractivity contribution in [1.29, 1.82) is 0 Å². The number of hydrogen-bond donors (Lipinski definition) is 1. The highest BCUT2D eigenvalue weighted by Gasteiger charge is 2.00. The highest BCUT2D eigenvalue weighted by molar-refractivity contribution is 7.98. The molecule has 100 valence electrons. The molecule has 19 heavy (non-hydrogen) atoms. The van der Waals surface area contributed by atoms with E-state index in [0.29, 0.717) is 0 Å². The maximum atomic E-state index is 4.29. The van der Waals surface area contributed by atoms with Gasteiger partial charge in [0.25, 0.3) is 0 Å². The summed E-state index contributed by atoms with van der Waals surface area (Å²) in [4.78, 5) is 5.54. The van der Waals surface area contributed by atoms with Gasteiger partial charge in [0.05, 0.1) is 0 Å². The van der Waals surface area contributed by atoms with Crippen molar-refractivity contribution in [3.05, 3.63) is 53.2 Å². The Morgan fingerprint density at radius 3 is 2.53 bits per heavy atom. The van der Waals surface area contributed by atoms with Gasteiger partial charge < -0.3 is 5.32 Å². The first-order chi connectivity index (χ1) is 9.17. The van der Waals surface area contributed by atoms with Crippen molar-refractivity contribution in [1.82, 2.24) is 4.98 Å². The maximum Gasteiger partial charge on any atom is 0.126 e. The van der Waals surface area contributed by atoms with Crippen molar-refractivity contribution in [3.8, 4) is 0 Å². The van der Waals surface area contributed by atoms with Crippen LogP contribution in [0.2, 0.25) is 0 Å². The molecule has 2 nitrogen and oxygen atoms in total. The Bertz CT molecular complexity index is 532. The van der Waals surface area contributed by atoms with Crippen LogP contribution in [-0.2, 0) is 5.75 Å². The van der Waals surface area contributed by atoms with Gasteiger partial charge in [-0.15, -0.1) is 11.8 Å². The van der Waals surface area contributed by atoms with Gasteiger partial charge in [0, 0.05) is 23.4 Å². The van der Waals surface area contributed by atoms with Gasteiger partial charge in [-0.3, -0.25) is 0 Å². The number of rotatable bonds is 5. The Morgan fingerprint density at radius 2 is 1.84 bits per heavy atom. The first-order valence-electron chi connectivity index (χ1n) is 6.57. The summed E-state index contributed by atoms with van der Waals surface area (Å²) < 4.78 is 0. The number of hydrogen-bond acceptors (Lipinski definition) is 3. The SMILES string of the molecule is CCNc1cc(SCc2cc(C)cc(C)c2)ccn1. The molecule has 0 saturated carbocycles. The molecule has 0 spiro atoms. The molecular weight excluding hydrogens is 252 g/mol. The molecular formula is C16H20N2S. The van der Waals surface area contributed by atoms with Crippen LogP contribution in [0.4, 0.5) is 5.82 Å². The third-order valence-electron chi connectivity index (χ3n) is 2.78. The van der Waals surface area contributed by atoms with Crippen LogP contribution in [0, 0.1) is 13.8 Å². The fourth-order valence-corrected chi connectivity index (χ4v) is 2.95. The lowest BCUT2D eigenvalue weighted by Gasteiger charge is -2.07. The normalized spacial score (nSPS) is 10.5. The van der Waals surface area contributed by atoms with Crippen LogP contribution in [0.1, 0.15) is 23.6 Å². The molecule has 1 heterocycles. The third-order valence-corrected chi connectivity index (χ3v) is 3.84. The molecule has 0 aliphatic rings. The number of aryl methyl sites for hydroxylation is 2. The van der Waals surface area contributed by atoms with Crippen LogP contribution < -0.4 is 5.32 Å². The molecule has 0 atom stereocenters. The highest BCUT2D eigenvalue weighted by atomic mass is 32.2. The number of benzene rings is 1. The van der Waals surface area contributed by atoms with Crippen molar-refractivity contribution >= 4 is 17.6 Å². The lowest BCUT2D eigenvalue weighted by molar-refractivity contribution is 1.14. The summed E-state index contributed by atoms with van der Waals surface area (Å²) in [6.07, 6.45) is 1.86. The number of anilines is 1. The summed E-state index contributed by atoms with van der Waals surface area (Å²) in [7, 11) is 0. The standard InChI is InChI=1S/C16H20N2S/c1-4-17-16-10-15(5-6-18-16)19-11-14-8-12(2)7-13(3)9-14/h5-10H,4,11H2,1-3H3,(H,17,18). The van der Waals surface area contributed by atoms with Gasteiger partial charge in [0.2, 0.25) is 0 Å². The van der Waals surface area contributed by atoms with Gasteiger partial charge >= 0.3 is 0 Å². The first-order valence-corrected chi connectivity index (χ1v) is 7.56. The van der Waals surface area contributed by atoms with E-state index in [4.69, 9.17) is 0 Å². The number of thioether (sulfide) groups is 1. The number of aromatic nitrogens is 1. The van der Waals surface area contributed by atoms with Gasteiger partial charge in [-0.1, -0.05) is 29.3 Å². The van der Waals surface area contributed by atoms with E-state index in [9.17, 15) is 0 Å². The molecule has 3 heteroatoms. The predicted octanol–water partition coefficient (Wildman–Crippen LogP) is 4.42. The number of pyridine rings is 1. The van der Waals surface area contributed by atoms with Crippen molar-refractivity contribution in [2.24, 2.45) is 0 Å². The van der Waals surface area contributed by atoms with Crippen LogP contribution in [0.25, 0.3) is 0 Å². The zero-order valence-corrected chi connectivity index (χ0v) is 12.6. The Balaban J connectivity index is 2.03. The summed E-state index contributed by atoms with van der Waals surface area (Å²) in [6, 6.07) is 10.9. The second kappa shape index (κ2) is 6.62. The fourth-order valence-electron chi connectivity index (χ4n) is 2.10. The van der Waals surface area contributed by atoms with Crippen LogP contribution in [0.5, 0.6) is 0 Å². The summed E-state index contributed by atoms with van der Waals surface area (Å²) in [6.45, 7) is 7.28. The molecule has 0 fully saturated rings. The summed E-state index contributed by atoms with van der Waals surface area (Å²) in [5, 5.41) is 3.24. The molecule has 0 amide bonds. The zero-order chi connectivity index (χ0) is 13.7. The van der Waals surface area contributed by atoms with Crippen molar-refractivity contribution in [2.45, 2.75) is 31.4 Å². The average molecular weight is 272 g/mol. The van der Waals surface area contributed by atoms with Gasteiger partial charge in [0.1, 0.15) is 5.82 Å². The largest absolute Gasteiger partial charge is 0.370 e. The monoisotopic (exact) mass is 272 g/mol. The molecule has 0 radical (unpaired) electrons. The molecule has 0 aliphatic carbocycles. The van der Waals surface area contributed by atoms with E-state index < -0.39 is 0 Å². The quantitative estimate of drug-likeness (QED) is 0.815. The van der Waals surface area contributed by atoms with E-state index in [-0.39, 0.29) is 0 Å². The topological polar surface area (TPSA) is 24.9 Å². The van der Waals surface area contributed by atoms with E-state index in [1.54, 1.807) is 0 Å². The van der Waals surface area contributed by atoms with Crippen LogP contribution in [0.15, 0.2) is 41.4 Å². The Kier molecular flexibility index (Phi) is 4.86. The molecule has 0 bridgehead atoms. The predicted molar refractivity (Wildman–Crippen MR) is 83.9 cm³/mol. The van der Waals surface area contributed by atoms with Gasteiger partial charge in [-0.25, -0.2) is 4.98 Å². The Morgan fingerprint density at radius 1 is 1.11 bits per heavy atom. The van der Waals surface area contributed by atoms with Crippen molar-refractivity contribution < 1.29 is 0 Å². The van der Waals surface area contributed by atoms with E-state index in [0.717, 1.165) is 18.1 Å². The van der Waals surface area contributed by atoms with E-state index >= 15 is 0 Å². The lowest BCUT2D eigenvalue weighted by Crippen LogP contribution is -1.98. The molecule has 0 saturated heterocycles. The smallest absolute Gasteiger partial charge is 0.126 e. The summed E-state index contributed by atoms with van der Waals surface area (Å²) >= 11 is 1.85. The number of nitrogens with zero attached hydrogens (tertiary/aromatic N) is 1. The van der Waals surface area contributed by atoms with Gasteiger partial charge in [-0.05, 0) is 38.5 Å². The van der Waals surface area contributed by atoms with Gasteiger partial charge in [0.15, 0.2) is 0 Å². The zero-order valence-electron chi connectivity index (χ0n) is 11.7. The minimum absolute atomic E-state index is 0.901. The lowest BCUT2D eigenvalue weighted by atomic mass is 10.1. The molecule has 1 aromatic carbocycles. The first kappa shape index (κ1) is 13.9. The minimum Gasteiger partial charge on any atom is -0.370 e. The van der Waals surface area contributed by atoms with E-state index in [1.807, 2.05) is 18.0 Å². The molecule has 2 aromatic rings. The third kappa shape index (κ3) is 4.28. The Labute approximate surface area is 119 Å². The van der Waals surface area contributed by atoms with Crippen molar-refractivity contribution in [3.63, 3.8) is 0 Å². The molecule has 0 aliphatic heterocycles. The molecule has 1 N–H and O–H groups in total. The van der Waals surface area contributed by atoms with Crippen LogP contribution in [-0.4, -0.2) is 11.5 Å². The van der Waals surface area contributed by atoms with Crippen LogP contribution in [0.3, 0.4) is 0 Å². The number of nitrogens with one attached hydrogen (secondary N) is 1. The molecule has 1 aromatic heterocycles. The second-order valence-electron chi connectivity index (χ2n) is 4.69. The molecule has 2 rings (SSSR count). The van der Waals surface area contributed by atoms with Crippen LogP contribution >= 0.6 is 11.8 Å². The Hall–Kier alpha value is -1.48. The van der Waals surface area contributed by atoms with Gasteiger partial charge in [-0.2, -0.15) is 0 Å². The second-order valence-corrected chi connectivity index (χ2v) is 5.74. The average Bonchev–Trinajstić information content (AvgIpc) is 2.36. The summed E-state index contributed by atoms with van der Waals surface area (Å²) in [5.41, 5.74) is 4.04. The maximum absolute atomic E-state index is 4.29. The van der Waals surface area contributed by atoms with E-state index in [1.165, 1.54) is 21.6 Å². The minimum atomic E-state index is 0.901. The summed E-state index contributed by atoms with van der Waals surface area (Å²) in [5.74, 6) is 1.95.